The molecule has 0 aliphatic carbocycles. The van der Waals surface area contributed by atoms with E-state index in [1.54, 1.807) is 0 Å². The molecular weight excluding hydrogens is 334 g/mol. The van der Waals surface area contributed by atoms with E-state index in [2.05, 4.69) is 16.0 Å². The van der Waals surface area contributed by atoms with Crippen LogP contribution in [0.15, 0.2) is 0 Å². The number of hydrogen-bond donors (Lipinski definition) is 7. The molecule has 25 heavy (non-hydrogen) atoms. The molecule has 3 atom stereocenters. The Morgan fingerprint density at radius 3 is 2.24 bits per heavy atom. The second kappa shape index (κ2) is 12.2. The lowest BCUT2D eigenvalue weighted by atomic mass is 10.1. The number of carboxylic acid groups (broad SMARTS) is 1. The van der Waals surface area contributed by atoms with Gasteiger partial charge in [0.2, 0.25) is 17.7 Å². The highest BCUT2D eigenvalue weighted by Crippen LogP contribution is 2.01. The van der Waals surface area contributed by atoms with Crippen molar-refractivity contribution in [1.82, 2.24) is 16.0 Å². The molecule has 11 nitrogen and oxygen atoms in total. The molecule has 3 amide bonds. The lowest BCUT2D eigenvalue weighted by molar-refractivity contribution is -0.142. The summed E-state index contributed by atoms with van der Waals surface area (Å²) in [6.07, 6.45) is 1.42. The van der Waals surface area contributed by atoms with Crippen LogP contribution >= 0.6 is 0 Å². The summed E-state index contributed by atoms with van der Waals surface area (Å²) in [5, 5.41) is 24.7. The maximum absolute atomic E-state index is 12.0. The molecule has 0 aliphatic heterocycles. The van der Waals surface area contributed by atoms with Crippen molar-refractivity contribution in [3.63, 3.8) is 0 Å². The third kappa shape index (κ3) is 9.59. The van der Waals surface area contributed by atoms with Gasteiger partial charge in [-0.05, 0) is 32.7 Å². The van der Waals surface area contributed by atoms with Crippen LogP contribution in [0.2, 0.25) is 0 Å². The predicted molar refractivity (Wildman–Crippen MR) is 88.1 cm³/mol. The molecule has 0 aromatic carbocycles. The molecule has 3 unspecified atom stereocenters. The molecule has 0 aliphatic rings. The van der Waals surface area contributed by atoms with E-state index < -0.39 is 55.0 Å². The van der Waals surface area contributed by atoms with Crippen LogP contribution in [0.1, 0.15) is 26.2 Å². The molecule has 0 spiro atoms. The second-order valence-electron chi connectivity index (χ2n) is 5.48. The smallest absolute Gasteiger partial charge is 0.326 e. The average Bonchev–Trinajstić information content (AvgIpc) is 2.57. The summed E-state index contributed by atoms with van der Waals surface area (Å²) in [5.74, 6) is -3.20. The van der Waals surface area contributed by atoms with Gasteiger partial charge in [0.25, 0.3) is 0 Å². The number of nitrogens with one attached hydrogen (secondary N) is 3. The number of carboxylic acids is 1. The van der Waals surface area contributed by atoms with Gasteiger partial charge in [0.05, 0.1) is 13.2 Å². The van der Waals surface area contributed by atoms with E-state index in [0.717, 1.165) is 0 Å². The first-order valence-electron chi connectivity index (χ1n) is 7.89. The van der Waals surface area contributed by atoms with Crippen LogP contribution < -0.4 is 27.4 Å². The van der Waals surface area contributed by atoms with Crippen LogP contribution in [-0.2, 0) is 19.2 Å². The van der Waals surface area contributed by atoms with E-state index in [1.165, 1.54) is 6.92 Å². The molecule has 11 heteroatoms. The zero-order valence-corrected chi connectivity index (χ0v) is 14.2. The minimum Gasteiger partial charge on any atom is -0.480 e. The first-order valence-corrected chi connectivity index (χ1v) is 7.89. The van der Waals surface area contributed by atoms with Crippen molar-refractivity contribution >= 4 is 23.7 Å². The van der Waals surface area contributed by atoms with Crippen molar-refractivity contribution in [2.45, 2.75) is 44.3 Å². The molecule has 0 radical (unpaired) electrons. The topological polar surface area (TPSA) is 197 Å². The van der Waals surface area contributed by atoms with Crippen LogP contribution in [0.4, 0.5) is 0 Å². The summed E-state index contributed by atoms with van der Waals surface area (Å²) in [6, 6.07) is -3.20. The second-order valence-corrected chi connectivity index (χ2v) is 5.48. The summed E-state index contributed by atoms with van der Waals surface area (Å²) >= 11 is 0. The fraction of sp³-hybridized carbons (Fsp3) is 0.714. The fourth-order valence-corrected chi connectivity index (χ4v) is 1.79. The van der Waals surface area contributed by atoms with Crippen LogP contribution in [-0.4, -0.2) is 71.7 Å². The first-order chi connectivity index (χ1) is 11.7. The number of unbranched alkanes of at least 4 members (excludes halogenated alkanes) is 1. The van der Waals surface area contributed by atoms with Gasteiger partial charge < -0.3 is 37.6 Å². The van der Waals surface area contributed by atoms with E-state index in [9.17, 15) is 19.2 Å². The molecule has 0 bridgehead atoms. The van der Waals surface area contributed by atoms with E-state index in [4.69, 9.17) is 21.7 Å². The number of aliphatic hydroxyl groups excluding tert-OH is 1. The summed E-state index contributed by atoms with van der Waals surface area (Å²) < 4.78 is 0. The average molecular weight is 361 g/mol. The van der Waals surface area contributed by atoms with Gasteiger partial charge in [-0.25, -0.2) is 4.79 Å². The minimum absolute atomic E-state index is 0.230. The minimum atomic E-state index is -1.17. The zero-order chi connectivity index (χ0) is 19.4. The molecule has 0 aromatic rings. The Hall–Kier alpha value is -2.24. The third-order valence-electron chi connectivity index (χ3n) is 3.29. The van der Waals surface area contributed by atoms with Crippen molar-refractivity contribution in [3.8, 4) is 0 Å². The maximum atomic E-state index is 12.0. The Morgan fingerprint density at radius 1 is 1.08 bits per heavy atom. The Labute approximate surface area is 145 Å². The Balaban J connectivity index is 4.36. The number of carbonyl (C=O) groups excluding carboxylic acids is 3. The normalized spacial score (nSPS) is 14.1. The monoisotopic (exact) mass is 361 g/mol. The van der Waals surface area contributed by atoms with Crippen LogP contribution in [0.25, 0.3) is 0 Å². The van der Waals surface area contributed by atoms with Gasteiger partial charge in [0.1, 0.15) is 18.1 Å². The quantitative estimate of drug-likeness (QED) is 0.175. The highest BCUT2D eigenvalue weighted by atomic mass is 16.4. The maximum Gasteiger partial charge on any atom is 0.326 e. The van der Waals surface area contributed by atoms with Crippen LogP contribution in [0, 0.1) is 0 Å². The van der Waals surface area contributed by atoms with Gasteiger partial charge in [0.15, 0.2) is 0 Å². The Kier molecular flexibility index (Phi) is 11.1. The summed E-state index contributed by atoms with van der Waals surface area (Å²) in [7, 11) is 0. The molecular formula is C14H27N5O6. The molecule has 0 aromatic heterocycles. The highest BCUT2D eigenvalue weighted by Gasteiger charge is 2.23. The van der Waals surface area contributed by atoms with Gasteiger partial charge in [-0.3, -0.25) is 14.4 Å². The van der Waals surface area contributed by atoms with Gasteiger partial charge >= 0.3 is 5.97 Å². The van der Waals surface area contributed by atoms with Crippen LogP contribution in [0.5, 0.6) is 0 Å². The third-order valence-corrected chi connectivity index (χ3v) is 3.29. The van der Waals surface area contributed by atoms with Crippen LogP contribution in [0.3, 0.4) is 0 Å². The number of amides is 3. The lowest BCUT2D eigenvalue weighted by Gasteiger charge is -2.19. The SMILES string of the molecule is CC(NC(=O)CNC(=O)C(N)CO)C(=O)NC(CCCCN)C(=O)O. The number of aliphatic hydroxyl groups is 1. The number of rotatable bonds is 12. The zero-order valence-electron chi connectivity index (χ0n) is 14.2. The van der Waals surface area contributed by atoms with E-state index in [0.29, 0.717) is 19.4 Å². The Bertz CT molecular complexity index is 473. The molecule has 144 valence electrons. The van der Waals surface area contributed by atoms with E-state index in [-0.39, 0.29) is 6.42 Å². The molecule has 0 saturated carbocycles. The summed E-state index contributed by atoms with van der Waals surface area (Å²) in [4.78, 5) is 46.1. The van der Waals surface area contributed by atoms with Crippen molar-refractivity contribution in [2.24, 2.45) is 11.5 Å². The van der Waals surface area contributed by atoms with Crippen molar-refractivity contribution in [3.05, 3.63) is 0 Å². The molecule has 0 fully saturated rings. The molecule has 0 rings (SSSR count). The number of carbonyl (C=O) groups is 4. The van der Waals surface area contributed by atoms with Gasteiger partial charge in [-0.1, -0.05) is 0 Å². The lowest BCUT2D eigenvalue weighted by Crippen LogP contribution is -2.52. The number of aliphatic carboxylic acids is 1. The Morgan fingerprint density at radius 2 is 1.72 bits per heavy atom. The van der Waals surface area contributed by atoms with Crippen molar-refractivity contribution < 1.29 is 29.4 Å². The van der Waals surface area contributed by atoms with Gasteiger partial charge in [0, 0.05) is 0 Å². The van der Waals surface area contributed by atoms with E-state index >= 15 is 0 Å². The predicted octanol–water partition coefficient (Wildman–Crippen LogP) is -3.37. The molecule has 0 saturated heterocycles. The first kappa shape index (κ1) is 22.8. The van der Waals surface area contributed by atoms with E-state index in [1.807, 2.05) is 0 Å². The molecule has 0 heterocycles. The largest absolute Gasteiger partial charge is 0.480 e. The van der Waals surface area contributed by atoms with Crippen molar-refractivity contribution in [2.75, 3.05) is 19.7 Å². The number of nitrogens with two attached hydrogens (primary N) is 2. The van der Waals surface area contributed by atoms with Crippen molar-refractivity contribution in [1.29, 1.82) is 0 Å². The molecule has 9 N–H and O–H groups in total. The standard InChI is InChI=1S/C14H27N5O6/c1-8(18-11(21)6-17-13(23)9(16)7-20)12(22)19-10(14(24)25)4-2-3-5-15/h8-10,20H,2-7,15-16H2,1H3,(H,17,23)(H,18,21)(H,19,22)(H,24,25). The summed E-state index contributed by atoms with van der Waals surface area (Å²) in [5.41, 5.74) is 10.6. The van der Waals surface area contributed by atoms with Gasteiger partial charge in [-0.2, -0.15) is 0 Å². The highest BCUT2D eigenvalue weighted by molar-refractivity contribution is 5.92. The summed E-state index contributed by atoms with van der Waals surface area (Å²) in [6.45, 7) is 0.821. The van der Waals surface area contributed by atoms with Gasteiger partial charge in [-0.15, -0.1) is 0 Å². The number of hydrogen-bond acceptors (Lipinski definition) is 7. The fourth-order valence-electron chi connectivity index (χ4n) is 1.79.